The van der Waals surface area contributed by atoms with Crippen molar-refractivity contribution in [1.29, 1.82) is 0 Å². The van der Waals surface area contributed by atoms with Crippen molar-refractivity contribution in [2.75, 3.05) is 32.7 Å². The topological polar surface area (TPSA) is 41.4 Å². The van der Waals surface area contributed by atoms with Crippen molar-refractivity contribution in [3.05, 3.63) is 18.0 Å². The summed E-state index contributed by atoms with van der Waals surface area (Å²) < 4.78 is 2.06. The van der Waals surface area contributed by atoms with E-state index in [1.165, 1.54) is 44.5 Å². The molecule has 5 nitrogen and oxygen atoms in total. The van der Waals surface area contributed by atoms with Crippen LogP contribution in [0.4, 0.5) is 0 Å². The molecule has 0 spiro atoms. The van der Waals surface area contributed by atoms with Gasteiger partial charge in [-0.05, 0) is 76.1 Å². The van der Waals surface area contributed by atoms with Crippen LogP contribution in [0.2, 0.25) is 0 Å². The van der Waals surface area contributed by atoms with Gasteiger partial charge in [-0.3, -0.25) is 9.48 Å². The summed E-state index contributed by atoms with van der Waals surface area (Å²) in [6, 6.07) is 0. The molecule has 5 heteroatoms. The summed E-state index contributed by atoms with van der Waals surface area (Å²) in [4.78, 5) is 17.3. The van der Waals surface area contributed by atoms with E-state index in [1.807, 2.05) is 6.20 Å². The molecule has 0 unspecified atom stereocenters. The molecular weight excluding hydrogens is 312 g/mol. The highest BCUT2D eigenvalue weighted by Crippen LogP contribution is 2.24. The van der Waals surface area contributed by atoms with Crippen LogP contribution in [0.3, 0.4) is 0 Å². The number of aryl methyl sites for hydroxylation is 1. The quantitative estimate of drug-likeness (QED) is 0.795. The van der Waals surface area contributed by atoms with Gasteiger partial charge in [-0.15, -0.1) is 0 Å². The number of nitrogens with zero attached hydrogens (tertiary/aromatic N) is 4. The van der Waals surface area contributed by atoms with E-state index in [0.717, 1.165) is 38.9 Å². The fourth-order valence-electron chi connectivity index (χ4n) is 4.30. The van der Waals surface area contributed by atoms with E-state index in [4.69, 9.17) is 0 Å². The van der Waals surface area contributed by atoms with Crippen molar-refractivity contribution in [3.8, 4) is 0 Å². The summed E-state index contributed by atoms with van der Waals surface area (Å²) in [5.41, 5.74) is 1.22. The normalized spacial score (nSPS) is 21.0. The van der Waals surface area contributed by atoms with Gasteiger partial charge in [-0.1, -0.05) is 6.92 Å². The third-order valence-electron chi connectivity index (χ3n) is 5.89. The number of carbonyl (C=O) groups excluding carboxylic acids is 1. The number of hydrogen-bond acceptors (Lipinski definition) is 3. The molecule has 1 aromatic rings. The van der Waals surface area contributed by atoms with Crippen molar-refractivity contribution in [2.45, 2.75) is 58.9 Å². The van der Waals surface area contributed by atoms with Crippen LogP contribution in [0.5, 0.6) is 0 Å². The minimum absolute atomic E-state index is 0.391. The van der Waals surface area contributed by atoms with Crippen LogP contribution in [0.15, 0.2) is 12.4 Å². The Morgan fingerprint density at radius 1 is 1.12 bits per heavy atom. The van der Waals surface area contributed by atoms with Gasteiger partial charge in [0.15, 0.2) is 0 Å². The second-order valence-electron chi connectivity index (χ2n) is 8.05. The molecule has 0 saturated carbocycles. The second kappa shape index (κ2) is 8.84. The number of hydrogen-bond donors (Lipinski definition) is 0. The number of aromatic nitrogens is 2. The van der Waals surface area contributed by atoms with Gasteiger partial charge in [0.2, 0.25) is 5.91 Å². The maximum absolute atomic E-state index is 12.6. The molecule has 0 N–H and O–H groups in total. The Morgan fingerprint density at radius 3 is 2.40 bits per heavy atom. The maximum atomic E-state index is 12.6. The van der Waals surface area contributed by atoms with E-state index in [2.05, 4.69) is 39.6 Å². The van der Waals surface area contributed by atoms with Crippen LogP contribution >= 0.6 is 0 Å². The molecule has 0 aromatic carbocycles. The number of rotatable bonds is 6. The average molecular weight is 347 g/mol. The maximum Gasteiger partial charge on any atom is 0.222 e. The van der Waals surface area contributed by atoms with E-state index >= 15 is 0 Å². The van der Waals surface area contributed by atoms with Crippen molar-refractivity contribution < 1.29 is 4.79 Å². The lowest BCUT2D eigenvalue weighted by Gasteiger charge is -2.35. The Bertz CT molecular complexity index is 540. The zero-order valence-corrected chi connectivity index (χ0v) is 16.0. The highest BCUT2D eigenvalue weighted by atomic mass is 16.2. The number of amides is 1. The summed E-state index contributed by atoms with van der Waals surface area (Å²) in [6.45, 7) is 10.7. The van der Waals surface area contributed by atoms with Crippen molar-refractivity contribution in [3.63, 3.8) is 0 Å². The van der Waals surface area contributed by atoms with Gasteiger partial charge in [0.05, 0.1) is 6.20 Å². The first kappa shape index (κ1) is 18.4. The van der Waals surface area contributed by atoms with E-state index in [9.17, 15) is 4.79 Å². The lowest BCUT2D eigenvalue weighted by atomic mass is 9.91. The molecule has 0 radical (unpaired) electrons. The Morgan fingerprint density at radius 2 is 1.80 bits per heavy atom. The summed E-state index contributed by atoms with van der Waals surface area (Å²) in [5, 5.41) is 4.39. The molecule has 1 amide bonds. The molecule has 1 aromatic heterocycles. The molecule has 0 bridgehead atoms. The molecule has 2 aliphatic heterocycles. The smallest absolute Gasteiger partial charge is 0.222 e. The van der Waals surface area contributed by atoms with Crippen molar-refractivity contribution >= 4 is 5.91 Å². The Kier molecular flexibility index (Phi) is 6.51. The van der Waals surface area contributed by atoms with Gasteiger partial charge in [-0.25, -0.2) is 0 Å². The van der Waals surface area contributed by atoms with E-state index in [-0.39, 0.29) is 0 Å². The predicted octanol–water partition coefficient (Wildman–Crippen LogP) is 2.94. The number of likely N-dealkylation sites (tertiary alicyclic amines) is 2. The minimum Gasteiger partial charge on any atom is -0.343 e. The zero-order valence-electron chi connectivity index (χ0n) is 16.0. The SMILES string of the molecule is CCCN1CCC(CC(=O)N2CCC(Cn3cc(C)cn3)CC2)CC1. The molecule has 2 saturated heterocycles. The predicted molar refractivity (Wildman–Crippen MR) is 100 cm³/mol. The van der Waals surface area contributed by atoms with Crippen LogP contribution in [-0.4, -0.2) is 58.2 Å². The Balaban J connectivity index is 1.37. The molecular formula is C20H34N4O. The van der Waals surface area contributed by atoms with Gasteiger partial charge < -0.3 is 9.80 Å². The largest absolute Gasteiger partial charge is 0.343 e. The first-order valence-corrected chi connectivity index (χ1v) is 10.1. The highest BCUT2D eigenvalue weighted by molar-refractivity contribution is 5.76. The van der Waals surface area contributed by atoms with Gasteiger partial charge in [0.1, 0.15) is 0 Å². The van der Waals surface area contributed by atoms with E-state index in [0.29, 0.717) is 17.7 Å². The Labute approximate surface area is 152 Å². The van der Waals surface area contributed by atoms with Gasteiger partial charge in [0.25, 0.3) is 0 Å². The van der Waals surface area contributed by atoms with Crippen LogP contribution < -0.4 is 0 Å². The van der Waals surface area contributed by atoms with Gasteiger partial charge >= 0.3 is 0 Å². The molecule has 0 aliphatic carbocycles. The van der Waals surface area contributed by atoms with Crippen LogP contribution in [0, 0.1) is 18.8 Å². The first-order valence-electron chi connectivity index (χ1n) is 10.1. The molecule has 3 heterocycles. The molecule has 25 heavy (non-hydrogen) atoms. The fraction of sp³-hybridized carbons (Fsp3) is 0.800. The average Bonchev–Trinajstić information content (AvgIpc) is 3.02. The zero-order chi connectivity index (χ0) is 17.6. The lowest BCUT2D eigenvalue weighted by molar-refractivity contribution is -0.134. The number of carbonyl (C=O) groups is 1. The third kappa shape index (κ3) is 5.30. The van der Waals surface area contributed by atoms with Crippen molar-refractivity contribution in [2.24, 2.45) is 11.8 Å². The number of piperidine rings is 2. The monoisotopic (exact) mass is 346 g/mol. The van der Waals surface area contributed by atoms with E-state index in [1.54, 1.807) is 0 Å². The van der Waals surface area contributed by atoms with E-state index < -0.39 is 0 Å². The Hall–Kier alpha value is -1.36. The summed E-state index contributed by atoms with van der Waals surface area (Å²) >= 11 is 0. The lowest BCUT2D eigenvalue weighted by Crippen LogP contribution is -2.41. The second-order valence-corrected chi connectivity index (χ2v) is 8.05. The van der Waals surface area contributed by atoms with Gasteiger partial charge in [-0.2, -0.15) is 5.10 Å². The first-order chi connectivity index (χ1) is 12.1. The fourth-order valence-corrected chi connectivity index (χ4v) is 4.30. The summed E-state index contributed by atoms with van der Waals surface area (Å²) in [7, 11) is 0. The van der Waals surface area contributed by atoms with Crippen LogP contribution in [-0.2, 0) is 11.3 Å². The van der Waals surface area contributed by atoms with Crippen LogP contribution in [0.1, 0.15) is 51.0 Å². The molecule has 140 valence electrons. The van der Waals surface area contributed by atoms with Gasteiger partial charge in [0, 0.05) is 32.3 Å². The molecule has 2 aliphatic rings. The molecule has 0 atom stereocenters. The van der Waals surface area contributed by atoms with Crippen molar-refractivity contribution in [1.82, 2.24) is 19.6 Å². The minimum atomic E-state index is 0.391. The summed E-state index contributed by atoms with van der Waals surface area (Å²) in [6.07, 6.45) is 10.6. The summed E-state index contributed by atoms with van der Waals surface area (Å²) in [5.74, 6) is 1.65. The molecule has 3 rings (SSSR count). The molecule has 2 fully saturated rings. The highest BCUT2D eigenvalue weighted by Gasteiger charge is 2.26. The third-order valence-corrected chi connectivity index (χ3v) is 5.89. The standard InChI is InChI=1S/C20H34N4O/c1-3-8-22-9-4-18(5-10-22)13-20(25)23-11-6-19(7-12-23)16-24-15-17(2)14-21-24/h14-15,18-19H,3-13,16H2,1-2H3. The van der Waals surface area contributed by atoms with Crippen LogP contribution in [0.25, 0.3) is 0 Å².